The molecule has 0 unspecified atom stereocenters. The van der Waals surface area contributed by atoms with E-state index in [-0.39, 0.29) is 10.6 Å². The average Bonchev–Trinajstić information content (AvgIpc) is 2.85. The van der Waals surface area contributed by atoms with Crippen molar-refractivity contribution in [1.82, 2.24) is 4.57 Å². The van der Waals surface area contributed by atoms with E-state index in [1.54, 1.807) is 13.0 Å². The van der Waals surface area contributed by atoms with Gasteiger partial charge in [0, 0.05) is 35.8 Å². The van der Waals surface area contributed by atoms with E-state index in [0.29, 0.717) is 12.1 Å². The largest absolute Gasteiger partial charge is 0.379 e. The topological polar surface area (TPSA) is 60.1 Å². The second-order valence-corrected chi connectivity index (χ2v) is 5.26. The first kappa shape index (κ1) is 15.1. The molecule has 0 atom stereocenters. The highest BCUT2D eigenvalue weighted by Gasteiger charge is 2.13. The molecule has 1 aromatic heterocycles. The van der Waals surface area contributed by atoms with Crippen LogP contribution in [0.2, 0.25) is 0 Å². The molecule has 0 spiro atoms. The first-order valence-corrected chi connectivity index (χ1v) is 7.16. The first-order chi connectivity index (χ1) is 10.0. The number of hydrogen-bond donors (Lipinski definition) is 1. The van der Waals surface area contributed by atoms with Crippen LogP contribution in [0, 0.1) is 24.0 Å². The van der Waals surface area contributed by atoms with Crippen LogP contribution < -0.4 is 5.32 Å². The third-order valence-corrected chi connectivity index (χ3v) is 3.59. The van der Waals surface area contributed by atoms with Gasteiger partial charge in [0.05, 0.1) is 11.5 Å². The third-order valence-electron chi connectivity index (χ3n) is 3.59. The minimum Gasteiger partial charge on any atom is -0.379 e. The number of nitro benzene ring substituents is 1. The van der Waals surface area contributed by atoms with E-state index in [4.69, 9.17) is 0 Å². The minimum absolute atomic E-state index is 0.159. The molecule has 1 N–H and O–H groups in total. The number of aromatic nitrogens is 1. The molecule has 0 saturated heterocycles. The standard InChI is InChI=1S/C16H21N3O2/c1-4-7-18-8-5-6-14(18)11-17-15-10-16(19(20)21)13(3)9-12(15)2/h5-6,8-10,17H,4,7,11H2,1-3H3. The first-order valence-electron chi connectivity index (χ1n) is 7.16. The van der Waals surface area contributed by atoms with Crippen molar-refractivity contribution in [2.45, 2.75) is 40.3 Å². The zero-order chi connectivity index (χ0) is 15.4. The molecule has 2 rings (SSSR count). The molecular formula is C16H21N3O2. The van der Waals surface area contributed by atoms with Crippen LogP contribution >= 0.6 is 0 Å². The SMILES string of the molecule is CCCn1cccc1CNc1cc([N+](=O)[O-])c(C)cc1C. The Morgan fingerprint density at radius 1 is 1.29 bits per heavy atom. The third kappa shape index (κ3) is 3.42. The number of aryl methyl sites for hydroxylation is 3. The van der Waals surface area contributed by atoms with Crippen LogP contribution in [-0.4, -0.2) is 9.49 Å². The Hall–Kier alpha value is -2.30. The van der Waals surface area contributed by atoms with Gasteiger partial charge < -0.3 is 9.88 Å². The Labute approximate surface area is 124 Å². The number of benzene rings is 1. The molecule has 1 aromatic carbocycles. The van der Waals surface area contributed by atoms with Gasteiger partial charge in [-0.05, 0) is 44.0 Å². The molecule has 0 aliphatic rings. The van der Waals surface area contributed by atoms with Crippen LogP contribution in [0.1, 0.15) is 30.2 Å². The molecule has 1 heterocycles. The lowest BCUT2D eigenvalue weighted by atomic mass is 10.1. The zero-order valence-electron chi connectivity index (χ0n) is 12.7. The van der Waals surface area contributed by atoms with Gasteiger partial charge in [-0.2, -0.15) is 0 Å². The summed E-state index contributed by atoms with van der Waals surface area (Å²) in [4.78, 5) is 10.7. The van der Waals surface area contributed by atoms with Gasteiger partial charge in [0.25, 0.3) is 5.69 Å². The van der Waals surface area contributed by atoms with Crippen LogP contribution in [0.25, 0.3) is 0 Å². The van der Waals surface area contributed by atoms with Crippen LogP contribution in [0.5, 0.6) is 0 Å². The molecule has 5 heteroatoms. The molecule has 0 aliphatic heterocycles. The Bertz CT molecular complexity index is 647. The summed E-state index contributed by atoms with van der Waals surface area (Å²) in [5.41, 5.74) is 3.87. The highest BCUT2D eigenvalue weighted by Crippen LogP contribution is 2.26. The van der Waals surface area contributed by atoms with Crippen molar-refractivity contribution in [3.63, 3.8) is 0 Å². The van der Waals surface area contributed by atoms with Crippen LogP contribution in [0.3, 0.4) is 0 Å². The van der Waals surface area contributed by atoms with Crippen LogP contribution in [-0.2, 0) is 13.1 Å². The van der Waals surface area contributed by atoms with E-state index in [0.717, 1.165) is 24.2 Å². The van der Waals surface area contributed by atoms with E-state index in [2.05, 4.69) is 29.1 Å². The van der Waals surface area contributed by atoms with E-state index < -0.39 is 0 Å². The molecule has 21 heavy (non-hydrogen) atoms. The summed E-state index contributed by atoms with van der Waals surface area (Å²) in [6.07, 6.45) is 3.14. The molecule has 5 nitrogen and oxygen atoms in total. The molecule has 0 fully saturated rings. The predicted molar refractivity (Wildman–Crippen MR) is 84.6 cm³/mol. The second kappa shape index (κ2) is 6.43. The number of hydrogen-bond acceptors (Lipinski definition) is 3. The van der Waals surface area contributed by atoms with Gasteiger partial charge in [0.15, 0.2) is 0 Å². The van der Waals surface area contributed by atoms with E-state index in [9.17, 15) is 10.1 Å². The quantitative estimate of drug-likeness (QED) is 0.644. The summed E-state index contributed by atoms with van der Waals surface area (Å²) in [6.45, 7) is 7.52. The molecule has 0 radical (unpaired) electrons. The molecule has 112 valence electrons. The smallest absolute Gasteiger partial charge is 0.274 e. The summed E-state index contributed by atoms with van der Waals surface area (Å²) in [6, 6.07) is 7.57. The summed E-state index contributed by atoms with van der Waals surface area (Å²) in [5, 5.41) is 14.3. The fourth-order valence-electron chi connectivity index (χ4n) is 2.48. The average molecular weight is 287 g/mol. The summed E-state index contributed by atoms with van der Waals surface area (Å²) in [7, 11) is 0. The maximum Gasteiger partial charge on any atom is 0.274 e. The fourth-order valence-corrected chi connectivity index (χ4v) is 2.48. The summed E-state index contributed by atoms with van der Waals surface area (Å²) >= 11 is 0. The van der Waals surface area contributed by atoms with Gasteiger partial charge >= 0.3 is 0 Å². The number of rotatable bonds is 6. The van der Waals surface area contributed by atoms with Gasteiger partial charge in [-0.25, -0.2) is 0 Å². The summed E-state index contributed by atoms with van der Waals surface area (Å²) < 4.78 is 2.20. The Morgan fingerprint density at radius 3 is 2.71 bits per heavy atom. The van der Waals surface area contributed by atoms with Crippen molar-refractivity contribution >= 4 is 11.4 Å². The normalized spacial score (nSPS) is 10.6. The van der Waals surface area contributed by atoms with Gasteiger partial charge in [0.1, 0.15) is 0 Å². The Morgan fingerprint density at radius 2 is 2.05 bits per heavy atom. The molecule has 0 saturated carbocycles. The molecular weight excluding hydrogens is 266 g/mol. The Kier molecular flexibility index (Phi) is 4.62. The van der Waals surface area contributed by atoms with Crippen molar-refractivity contribution in [2.24, 2.45) is 0 Å². The number of nitrogens with zero attached hydrogens (tertiary/aromatic N) is 2. The second-order valence-electron chi connectivity index (χ2n) is 5.26. The molecule has 2 aromatic rings. The highest BCUT2D eigenvalue weighted by atomic mass is 16.6. The van der Waals surface area contributed by atoms with E-state index >= 15 is 0 Å². The molecule has 0 amide bonds. The van der Waals surface area contributed by atoms with Gasteiger partial charge in [-0.15, -0.1) is 0 Å². The maximum absolute atomic E-state index is 11.0. The Balaban J connectivity index is 2.18. The monoisotopic (exact) mass is 287 g/mol. The van der Waals surface area contributed by atoms with Crippen LogP contribution in [0.15, 0.2) is 30.5 Å². The van der Waals surface area contributed by atoms with Gasteiger partial charge in [-0.1, -0.05) is 6.92 Å². The van der Waals surface area contributed by atoms with Crippen LogP contribution in [0.4, 0.5) is 11.4 Å². The van der Waals surface area contributed by atoms with Crippen molar-refractivity contribution < 1.29 is 4.92 Å². The predicted octanol–water partition coefficient (Wildman–Crippen LogP) is 4.04. The lowest BCUT2D eigenvalue weighted by Crippen LogP contribution is -2.08. The molecule has 0 aliphatic carbocycles. The zero-order valence-corrected chi connectivity index (χ0v) is 12.7. The lowest BCUT2D eigenvalue weighted by molar-refractivity contribution is -0.385. The van der Waals surface area contributed by atoms with Crippen molar-refractivity contribution in [2.75, 3.05) is 5.32 Å². The summed E-state index contributed by atoms with van der Waals surface area (Å²) in [5.74, 6) is 0. The number of anilines is 1. The lowest BCUT2D eigenvalue weighted by Gasteiger charge is -2.13. The van der Waals surface area contributed by atoms with E-state index in [1.807, 2.05) is 19.1 Å². The minimum atomic E-state index is -0.334. The van der Waals surface area contributed by atoms with Gasteiger partial charge in [-0.3, -0.25) is 10.1 Å². The van der Waals surface area contributed by atoms with Crippen molar-refractivity contribution in [3.05, 3.63) is 57.4 Å². The number of nitrogens with one attached hydrogen (secondary N) is 1. The maximum atomic E-state index is 11.0. The van der Waals surface area contributed by atoms with Crippen molar-refractivity contribution in [1.29, 1.82) is 0 Å². The van der Waals surface area contributed by atoms with Gasteiger partial charge in [0.2, 0.25) is 0 Å². The fraction of sp³-hybridized carbons (Fsp3) is 0.375. The van der Waals surface area contributed by atoms with Crippen molar-refractivity contribution in [3.8, 4) is 0 Å². The van der Waals surface area contributed by atoms with E-state index in [1.165, 1.54) is 5.69 Å². The number of nitro groups is 1. The highest BCUT2D eigenvalue weighted by molar-refractivity contribution is 5.60. The molecule has 0 bridgehead atoms.